The first kappa shape index (κ1) is 23.0. The van der Waals surface area contributed by atoms with Crippen molar-refractivity contribution in [2.75, 3.05) is 20.3 Å². The molecule has 0 heterocycles. The molecule has 2 aliphatic rings. The molecule has 0 radical (unpaired) electrons. The van der Waals surface area contributed by atoms with E-state index in [0.29, 0.717) is 5.92 Å². The van der Waals surface area contributed by atoms with Crippen molar-refractivity contribution >= 4 is 18.2 Å². The van der Waals surface area contributed by atoms with Crippen LogP contribution in [0.25, 0.3) is 0 Å². The normalized spacial score (nSPS) is 26.7. The number of hydrogen-bond donors (Lipinski definition) is 2. The van der Waals surface area contributed by atoms with Crippen molar-refractivity contribution in [3.63, 3.8) is 0 Å². The predicted molar refractivity (Wildman–Crippen MR) is 107 cm³/mol. The third-order valence-corrected chi connectivity index (χ3v) is 5.92. The summed E-state index contributed by atoms with van der Waals surface area (Å²) in [6, 6.07) is 0.388. The highest BCUT2D eigenvalue weighted by molar-refractivity contribution is 5.81. The quantitative estimate of drug-likeness (QED) is 0.275. The van der Waals surface area contributed by atoms with E-state index in [9.17, 15) is 14.4 Å². The zero-order valence-electron chi connectivity index (χ0n) is 17.3. The van der Waals surface area contributed by atoms with Crippen LogP contribution >= 0.6 is 0 Å². The first-order valence-electron chi connectivity index (χ1n) is 10.6. The molecule has 8 heteroatoms. The molecule has 2 aliphatic carbocycles. The van der Waals surface area contributed by atoms with E-state index in [2.05, 4.69) is 21.9 Å². The number of carbonyl (C=O) groups is 3. The van der Waals surface area contributed by atoms with Crippen molar-refractivity contribution in [1.29, 1.82) is 0 Å². The molecule has 0 saturated heterocycles. The number of alkyl carbamates (subject to hydrolysis) is 2. The molecule has 2 rings (SSSR count). The number of nitrogens with one attached hydrogen (secondary N) is 2. The Morgan fingerprint density at radius 3 is 1.79 bits per heavy atom. The second-order valence-electron chi connectivity index (χ2n) is 7.96. The highest BCUT2D eigenvalue weighted by Crippen LogP contribution is 2.35. The molecule has 164 valence electrons. The van der Waals surface area contributed by atoms with Crippen LogP contribution in [0, 0.1) is 11.8 Å². The van der Waals surface area contributed by atoms with Crippen LogP contribution in [0.1, 0.15) is 57.8 Å². The first-order valence-corrected chi connectivity index (χ1v) is 10.6. The van der Waals surface area contributed by atoms with E-state index in [1.165, 1.54) is 13.5 Å². The van der Waals surface area contributed by atoms with Gasteiger partial charge in [-0.3, -0.25) is 0 Å². The topological polar surface area (TPSA) is 103 Å². The van der Waals surface area contributed by atoms with E-state index < -0.39 is 12.1 Å². The molecule has 2 saturated carbocycles. The molecule has 0 aromatic carbocycles. The number of hydrogen-bond acceptors (Lipinski definition) is 6. The highest BCUT2D eigenvalue weighted by atomic mass is 16.6. The van der Waals surface area contributed by atoms with Crippen molar-refractivity contribution in [3.05, 3.63) is 12.7 Å². The highest BCUT2D eigenvalue weighted by Gasteiger charge is 2.28. The third kappa shape index (κ3) is 8.75. The molecule has 0 aliphatic heterocycles. The molecule has 0 unspecified atom stereocenters. The standard InChI is InChI=1S/C21H34N2O6/c1-3-19(24)28-12-13-29-21(26)23-18-10-6-16(7-11-18)14-15-4-8-17(9-5-15)22-20(25)27-2/h3,15-18H,1,4-14H2,2H3,(H,22,25)(H,23,26). The molecule has 0 aromatic heterocycles. The summed E-state index contributed by atoms with van der Waals surface area (Å²) in [5, 5.41) is 5.80. The number of amides is 2. The summed E-state index contributed by atoms with van der Waals surface area (Å²) in [4.78, 5) is 34.0. The Kier molecular flexibility index (Phi) is 9.80. The maximum atomic E-state index is 11.8. The number of rotatable bonds is 8. The average Bonchev–Trinajstić information content (AvgIpc) is 2.73. The van der Waals surface area contributed by atoms with Gasteiger partial charge in [-0.25, -0.2) is 14.4 Å². The lowest BCUT2D eigenvalue weighted by atomic mass is 9.76. The lowest BCUT2D eigenvalue weighted by molar-refractivity contribution is -0.138. The average molecular weight is 411 g/mol. The van der Waals surface area contributed by atoms with Crippen molar-refractivity contribution in [3.8, 4) is 0 Å². The fourth-order valence-corrected chi connectivity index (χ4v) is 4.33. The molecule has 0 atom stereocenters. The molecule has 0 bridgehead atoms. The van der Waals surface area contributed by atoms with E-state index in [0.717, 1.165) is 63.4 Å². The molecule has 0 aromatic rings. The van der Waals surface area contributed by atoms with Gasteiger partial charge in [0.25, 0.3) is 0 Å². The molecule has 0 spiro atoms. The Labute approximate surface area is 172 Å². The fraction of sp³-hybridized carbons (Fsp3) is 0.762. The van der Waals surface area contributed by atoms with Crippen LogP contribution in [0.5, 0.6) is 0 Å². The van der Waals surface area contributed by atoms with Crippen LogP contribution in [0.15, 0.2) is 12.7 Å². The monoisotopic (exact) mass is 410 g/mol. The number of methoxy groups -OCH3 is 1. The van der Waals surface area contributed by atoms with Crippen molar-refractivity contribution in [2.24, 2.45) is 11.8 Å². The summed E-state index contributed by atoms with van der Waals surface area (Å²) in [7, 11) is 1.40. The summed E-state index contributed by atoms with van der Waals surface area (Å²) < 4.78 is 14.5. The van der Waals surface area contributed by atoms with Gasteiger partial charge in [0, 0.05) is 18.2 Å². The summed E-state index contributed by atoms with van der Waals surface area (Å²) in [6.45, 7) is 3.36. The van der Waals surface area contributed by atoms with E-state index >= 15 is 0 Å². The summed E-state index contributed by atoms with van der Waals surface area (Å²) in [5.41, 5.74) is 0. The minimum atomic E-state index is -0.527. The summed E-state index contributed by atoms with van der Waals surface area (Å²) in [6.07, 6.45) is 10.00. The molecule has 8 nitrogen and oxygen atoms in total. The van der Waals surface area contributed by atoms with Crippen LogP contribution in [-0.4, -0.2) is 50.6 Å². The van der Waals surface area contributed by atoms with Crippen LogP contribution < -0.4 is 10.6 Å². The van der Waals surface area contributed by atoms with Crippen molar-refractivity contribution in [2.45, 2.75) is 69.9 Å². The van der Waals surface area contributed by atoms with Crippen LogP contribution in [0.4, 0.5) is 9.59 Å². The van der Waals surface area contributed by atoms with Gasteiger partial charge < -0.3 is 24.8 Å². The SMILES string of the molecule is C=CC(=O)OCCOC(=O)NC1CCC(CC2CCC(NC(=O)OC)CC2)CC1. The summed E-state index contributed by atoms with van der Waals surface area (Å²) in [5.74, 6) is 0.904. The zero-order chi connectivity index (χ0) is 21.1. The largest absolute Gasteiger partial charge is 0.459 e. The van der Waals surface area contributed by atoms with Gasteiger partial charge in [0.05, 0.1) is 7.11 Å². The van der Waals surface area contributed by atoms with E-state index in [-0.39, 0.29) is 31.4 Å². The maximum absolute atomic E-state index is 11.8. The molecular formula is C21H34N2O6. The summed E-state index contributed by atoms with van der Waals surface area (Å²) >= 11 is 0. The number of ether oxygens (including phenoxy) is 3. The van der Waals surface area contributed by atoms with E-state index in [1.54, 1.807) is 0 Å². The number of carbonyl (C=O) groups excluding carboxylic acids is 3. The van der Waals surface area contributed by atoms with E-state index in [4.69, 9.17) is 9.47 Å². The Morgan fingerprint density at radius 1 is 0.828 bits per heavy atom. The molecule has 2 N–H and O–H groups in total. The third-order valence-electron chi connectivity index (χ3n) is 5.92. The molecular weight excluding hydrogens is 376 g/mol. The lowest BCUT2D eigenvalue weighted by Gasteiger charge is -2.34. The Morgan fingerprint density at radius 2 is 1.31 bits per heavy atom. The number of esters is 1. The van der Waals surface area contributed by atoms with Crippen molar-refractivity contribution < 1.29 is 28.6 Å². The van der Waals surface area contributed by atoms with Gasteiger partial charge in [-0.2, -0.15) is 0 Å². The second kappa shape index (κ2) is 12.3. The Bertz CT molecular complexity index is 551. The van der Waals surface area contributed by atoms with Gasteiger partial charge in [-0.1, -0.05) is 6.58 Å². The predicted octanol–water partition coefficient (Wildman–Crippen LogP) is 3.31. The minimum Gasteiger partial charge on any atom is -0.459 e. The second-order valence-corrected chi connectivity index (χ2v) is 7.96. The van der Waals surface area contributed by atoms with Gasteiger partial charge in [0.15, 0.2) is 0 Å². The molecule has 29 heavy (non-hydrogen) atoms. The van der Waals surface area contributed by atoms with Crippen LogP contribution in [0.2, 0.25) is 0 Å². The van der Waals surface area contributed by atoms with Gasteiger partial charge in [-0.15, -0.1) is 0 Å². The minimum absolute atomic E-state index is 0.0302. The zero-order valence-corrected chi connectivity index (χ0v) is 17.3. The van der Waals surface area contributed by atoms with Crippen molar-refractivity contribution in [1.82, 2.24) is 10.6 Å². The molecule has 2 amide bonds. The maximum Gasteiger partial charge on any atom is 0.407 e. The lowest BCUT2D eigenvalue weighted by Crippen LogP contribution is -2.39. The Balaban J connectivity index is 1.55. The van der Waals surface area contributed by atoms with Gasteiger partial charge in [-0.05, 0) is 69.6 Å². The van der Waals surface area contributed by atoms with Crippen LogP contribution in [0.3, 0.4) is 0 Å². The van der Waals surface area contributed by atoms with Gasteiger partial charge in [0.1, 0.15) is 13.2 Å². The van der Waals surface area contributed by atoms with Gasteiger partial charge >= 0.3 is 18.2 Å². The van der Waals surface area contributed by atoms with Crippen LogP contribution in [-0.2, 0) is 19.0 Å². The van der Waals surface area contributed by atoms with Gasteiger partial charge in [0.2, 0.25) is 0 Å². The van der Waals surface area contributed by atoms with E-state index in [1.807, 2.05) is 0 Å². The molecule has 2 fully saturated rings. The Hall–Kier alpha value is -2.25. The first-order chi connectivity index (χ1) is 14.0. The fourth-order valence-electron chi connectivity index (χ4n) is 4.33. The smallest absolute Gasteiger partial charge is 0.407 e.